The summed E-state index contributed by atoms with van der Waals surface area (Å²) in [6.07, 6.45) is 6.94. The molecule has 0 spiro atoms. The van der Waals surface area contributed by atoms with Gasteiger partial charge in [-0.2, -0.15) is 0 Å². The number of aryl methyl sites for hydroxylation is 1. The van der Waals surface area contributed by atoms with E-state index in [1.807, 2.05) is 36.1 Å². The summed E-state index contributed by atoms with van der Waals surface area (Å²) in [5.74, 6) is 1.03. The lowest BCUT2D eigenvalue weighted by Crippen LogP contribution is -2.50. The maximum Gasteiger partial charge on any atom is 0.242 e. The summed E-state index contributed by atoms with van der Waals surface area (Å²) >= 11 is 1.75. The number of carbonyl (C=O) groups excluding carboxylic acids is 2. The van der Waals surface area contributed by atoms with Gasteiger partial charge >= 0.3 is 0 Å². The second-order valence-electron chi connectivity index (χ2n) is 10.1. The molecule has 2 atom stereocenters. The summed E-state index contributed by atoms with van der Waals surface area (Å²) in [5.41, 5.74) is 2.26. The smallest absolute Gasteiger partial charge is 0.242 e. The highest BCUT2D eigenvalue weighted by Gasteiger charge is 2.36. The van der Waals surface area contributed by atoms with Crippen molar-refractivity contribution in [3.63, 3.8) is 0 Å². The van der Waals surface area contributed by atoms with E-state index in [9.17, 15) is 9.59 Å². The number of hydrogen-bond acceptors (Lipinski definition) is 5. The third-order valence-electron chi connectivity index (χ3n) is 7.70. The van der Waals surface area contributed by atoms with E-state index in [1.54, 1.807) is 16.2 Å². The van der Waals surface area contributed by atoms with Crippen LogP contribution in [0.4, 0.5) is 0 Å². The van der Waals surface area contributed by atoms with Gasteiger partial charge in [0.2, 0.25) is 11.8 Å². The Balaban J connectivity index is 1.32. The van der Waals surface area contributed by atoms with Gasteiger partial charge in [-0.1, -0.05) is 31.0 Å². The Kier molecular flexibility index (Phi) is 7.73. The molecule has 0 radical (unpaired) electrons. The van der Waals surface area contributed by atoms with Gasteiger partial charge in [0, 0.05) is 30.5 Å². The van der Waals surface area contributed by atoms with Crippen molar-refractivity contribution in [2.24, 2.45) is 5.92 Å². The molecule has 1 saturated heterocycles. The number of nitrogens with zero attached hydrogens (tertiary/aromatic N) is 2. The standard InChI is InChI=1S/C28H36N2O4S/c1-20-7-2-5-11-25(20)34-19-24-23-13-16-35-26(23)12-14-30(24)27(31)18-29(17-22-10-6-15-33-22)28(32)21-8-3-4-9-21/h2,5,7,11,13,16,21-22,24H,3-4,6,8-10,12,14-15,17-19H2,1H3/t22-,24+/m1/s1. The van der Waals surface area contributed by atoms with Gasteiger partial charge in [-0.3, -0.25) is 9.59 Å². The zero-order valence-electron chi connectivity index (χ0n) is 20.6. The van der Waals surface area contributed by atoms with Crippen LogP contribution in [0, 0.1) is 12.8 Å². The molecule has 1 aromatic carbocycles. The average molecular weight is 497 g/mol. The fourth-order valence-corrected chi connectivity index (χ4v) is 6.64. The molecule has 7 heteroatoms. The molecule has 3 aliphatic rings. The molecule has 0 bridgehead atoms. The second kappa shape index (κ2) is 11.1. The Hall–Kier alpha value is -2.38. The van der Waals surface area contributed by atoms with E-state index in [2.05, 4.69) is 11.4 Å². The molecule has 1 aliphatic carbocycles. The quantitative estimate of drug-likeness (QED) is 0.529. The van der Waals surface area contributed by atoms with E-state index in [0.29, 0.717) is 19.7 Å². The third kappa shape index (κ3) is 5.56. The molecule has 2 fully saturated rings. The summed E-state index contributed by atoms with van der Waals surface area (Å²) in [7, 11) is 0. The Morgan fingerprint density at radius 2 is 1.97 bits per heavy atom. The van der Waals surface area contributed by atoms with Gasteiger partial charge in [-0.25, -0.2) is 0 Å². The number of rotatable bonds is 8. The highest BCUT2D eigenvalue weighted by atomic mass is 32.1. The van der Waals surface area contributed by atoms with Crippen LogP contribution in [-0.2, 0) is 20.7 Å². The lowest BCUT2D eigenvalue weighted by molar-refractivity contribution is -0.146. The van der Waals surface area contributed by atoms with Gasteiger partial charge in [0.25, 0.3) is 0 Å². The van der Waals surface area contributed by atoms with Crippen LogP contribution in [-0.4, -0.2) is 60.6 Å². The maximum absolute atomic E-state index is 13.8. The fraction of sp³-hybridized carbons (Fsp3) is 0.571. The van der Waals surface area contributed by atoms with Crippen molar-refractivity contribution < 1.29 is 19.1 Å². The Morgan fingerprint density at radius 3 is 2.74 bits per heavy atom. The summed E-state index contributed by atoms with van der Waals surface area (Å²) in [6, 6.07) is 9.96. The molecule has 188 valence electrons. The first-order valence-corrected chi connectivity index (χ1v) is 13.9. The van der Waals surface area contributed by atoms with E-state index in [0.717, 1.165) is 62.9 Å². The molecule has 1 aromatic heterocycles. The second-order valence-corrected chi connectivity index (χ2v) is 11.1. The average Bonchev–Trinajstić information content (AvgIpc) is 3.65. The van der Waals surface area contributed by atoms with Gasteiger partial charge in [-0.15, -0.1) is 11.3 Å². The number of carbonyl (C=O) groups is 2. The third-order valence-corrected chi connectivity index (χ3v) is 8.69. The SMILES string of the molecule is Cc1ccccc1OC[C@H]1c2ccsc2CCN1C(=O)CN(C[C@H]1CCCO1)C(=O)C1CCCC1. The van der Waals surface area contributed by atoms with Crippen molar-refractivity contribution in [2.45, 2.75) is 64.0 Å². The Labute approximate surface area is 212 Å². The molecule has 6 nitrogen and oxygen atoms in total. The number of para-hydroxylation sites is 1. The number of benzene rings is 1. The van der Waals surface area contributed by atoms with Crippen LogP contribution in [0.3, 0.4) is 0 Å². The monoisotopic (exact) mass is 496 g/mol. The van der Waals surface area contributed by atoms with Gasteiger partial charge < -0.3 is 19.3 Å². The minimum Gasteiger partial charge on any atom is -0.491 e. The van der Waals surface area contributed by atoms with Crippen LogP contribution in [0.15, 0.2) is 35.7 Å². The van der Waals surface area contributed by atoms with Crippen LogP contribution in [0.2, 0.25) is 0 Å². The number of hydrogen-bond donors (Lipinski definition) is 0. The van der Waals surface area contributed by atoms with Crippen LogP contribution in [0.5, 0.6) is 5.75 Å². The highest BCUT2D eigenvalue weighted by molar-refractivity contribution is 7.10. The number of fused-ring (bicyclic) bond motifs is 1. The molecule has 1 saturated carbocycles. The Bertz CT molecular complexity index is 1030. The van der Waals surface area contributed by atoms with Crippen molar-refractivity contribution >= 4 is 23.2 Å². The van der Waals surface area contributed by atoms with Crippen LogP contribution < -0.4 is 4.74 Å². The normalized spacial score (nSPS) is 22.3. The zero-order chi connectivity index (χ0) is 24.2. The largest absolute Gasteiger partial charge is 0.491 e. The molecular weight excluding hydrogens is 460 g/mol. The van der Waals surface area contributed by atoms with Crippen molar-refractivity contribution in [1.82, 2.24) is 9.80 Å². The molecule has 5 rings (SSSR count). The zero-order valence-corrected chi connectivity index (χ0v) is 21.4. The van der Waals surface area contributed by atoms with E-state index in [-0.39, 0.29) is 36.4 Å². The molecule has 0 N–H and O–H groups in total. The van der Waals surface area contributed by atoms with Gasteiger partial charge in [0.15, 0.2) is 0 Å². The summed E-state index contributed by atoms with van der Waals surface area (Å²) in [4.78, 5) is 32.2. The lowest BCUT2D eigenvalue weighted by Gasteiger charge is -2.37. The molecule has 0 unspecified atom stereocenters. The fourth-order valence-electron chi connectivity index (χ4n) is 5.71. The van der Waals surface area contributed by atoms with E-state index >= 15 is 0 Å². The van der Waals surface area contributed by atoms with Crippen LogP contribution in [0.1, 0.15) is 60.6 Å². The number of ether oxygens (including phenoxy) is 2. The lowest BCUT2D eigenvalue weighted by atomic mass is 10.00. The molecule has 2 amide bonds. The highest BCUT2D eigenvalue weighted by Crippen LogP contribution is 2.35. The van der Waals surface area contributed by atoms with Crippen molar-refractivity contribution in [2.75, 3.05) is 32.8 Å². The first-order valence-electron chi connectivity index (χ1n) is 13.0. The molecule has 2 aromatic rings. The van der Waals surface area contributed by atoms with E-state index in [1.165, 1.54) is 10.4 Å². The first-order chi connectivity index (χ1) is 17.1. The number of thiophene rings is 1. The van der Waals surface area contributed by atoms with Crippen molar-refractivity contribution in [1.29, 1.82) is 0 Å². The van der Waals surface area contributed by atoms with E-state index in [4.69, 9.17) is 9.47 Å². The predicted octanol–water partition coefficient (Wildman–Crippen LogP) is 4.76. The molecule has 35 heavy (non-hydrogen) atoms. The maximum atomic E-state index is 13.8. The van der Waals surface area contributed by atoms with E-state index < -0.39 is 0 Å². The minimum absolute atomic E-state index is 0.00424. The predicted molar refractivity (Wildman–Crippen MR) is 137 cm³/mol. The van der Waals surface area contributed by atoms with Crippen molar-refractivity contribution in [3.8, 4) is 5.75 Å². The first kappa shape index (κ1) is 24.3. The van der Waals surface area contributed by atoms with Gasteiger partial charge in [0.1, 0.15) is 12.4 Å². The summed E-state index contributed by atoms with van der Waals surface area (Å²) in [5, 5.41) is 2.10. The van der Waals surface area contributed by atoms with Crippen LogP contribution >= 0.6 is 11.3 Å². The molecule has 2 aliphatic heterocycles. The van der Waals surface area contributed by atoms with Crippen molar-refractivity contribution in [3.05, 3.63) is 51.7 Å². The summed E-state index contributed by atoms with van der Waals surface area (Å²) in [6.45, 7) is 4.48. The van der Waals surface area contributed by atoms with Crippen LogP contribution in [0.25, 0.3) is 0 Å². The Morgan fingerprint density at radius 1 is 1.14 bits per heavy atom. The van der Waals surface area contributed by atoms with Gasteiger partial charge in [0.05, 0.1) is 18.7 Å². The molecule has 3 heterocycles. The molecular formula is C28H36N2O4S. The summed E-state index contributed by atoms with van der Waals surface area (Å²) < 4.78 is 12.1. The van der Waals surface area contributed by atoms with Gasteiger partial charge in [-0.05, 0) is 67.7 Å². The topological polar surface area (TPSA) is 59.1 Å². The minimum atomic E-state index is -0.150. The number of amides is 2.